The Bertz CT molecular complexity index is 1390. The highest BCUT2D eigenvalue weighted by atomic mass is 16.5. The van der Waals surface area contributed by atoms with Crippen LogP contribution >= 0.6 is 0 Å². The summed E-state index contributed by atoms with van der Waals surface area (Å²) in [6.45, 7) is 10.5. The molecule has 0 spiro atoms. The van der Waals surface area contributed by atoms with Crippen LogP contribution in [0.5, 0.6) is 0 Å². The quantitative estimate of drug-likeness (QED) is 0.164. The Labute approximate surface area is 222 Å². The molecule has 4 rings (SSSR count). The molecule has 1 amide bonds. The summed E-state index contributed by atoms with van der Waals surface area (Å²) in [5, 5.41) is 14.0. The normalized spacial score (nSPS) is 17.3. The van der Waals surface area contributed by atoms with Crippen molar-refractivity contribution in [3.8, 4) is 0 Å². The first kappa shape index (κ1) is 26.9. The van der Waals surface area contributed by atoms with Crippen LogP contribution < -0.4 is 9.67 Å². The predicted molar refractivity (Wildman–Crippen MR) is 139 cm³/mol. The Balaban J connectivity index is 1.81. The van der Waals surface area contributed by atoms with Crippen LogP contribution in [0.1, 0.15) is 71.7 Å². The molecule has 1 saturated heterocycles. The molecule has 1 atom stereocenters. The molecular weight excluding hydrogens is 484 g/mol. The van der Waals surface area contributed by atoms with E-state index in [2.05, 4.69) is 30.7 Å². The third kappa shape index (κ3) is 4.88. The Morgan fingerprint density at radius 1 is 1.16 bits per heavy atom. The third-order valence-electron chi connectivity index (χ3n) is 7.09. The first-order valence-electron chi connectivity index (χ1n) is 12.6. The maximum absolute atomic E-state index is 14.0. The van der Waals surface area contributed by atoms with Crippen LogP contribution in [0, 0.1) is 13.8 Å². The van der Waals surface area contributed by atoms with Gasteiger partial charge in [-0.3, -0.25) is 14.6 Å². The average molecular weight is 519 g/mol. The van der Waals surface area contributed by atoms with Gasteiger partial charge in [0.2, 0.25) is 12.1 Å². The summed E-state index contributed by atoms with van der Waals surface area (Å²) in [6, 6.07) is 6.88. The summed E-state index contributed by atoms with van der Waals surface area (Å²) < 4.78 is 6.78. The van der Waals surface area contributed by atoms with E-state index in [0.29, 0.717) is 36.3 Å². The second kappa shape index (κ2) is 10.3. The number of esters is 1. The number of rotatable bonds is 7. The van der Waals surface area contributed by atoms with Gasteiger partial charge in [0.05, 0.1) is 19.7 Å². The van der Waals surface area contributed by atoms with Crippen LogP contribution in [0.25, 0.3) is 5.76 Å². The zero-order valence-electron chi connectivity index (χ0n) is 22.7. The summed E-state index contributed by atoms with van der Waals surface area (Å²) in [5.74, 6) is -2.68. The number of nitrogens with zero attached hydrogens (tertiary/aromatic N) is 2. The number of carbonyl (C=O) groups excluding carboxylic acids is 3. The average Bonchev–Trinajstić information content (AvgIpc) is 3.56. The van der Waals surface area contributed by atoms with Crippen molar-refractivity contribution in [1.82, 2.24) is 14.9 Å². The number of H-pyrrole nitrogens is 2. The van der Waals surface area contributed by atoms with Gasteiger partial charge in [-0.25, -0.2) is 9.36 Å². The zero-order valence-corrected chi connectivity index (χ0v) is 22.7. The number of Topliss-reactive ketones (excluding diaryl/α,β-unsaturated/α-hetero) is 1. The van der Waals surface area contributed by atoms with E-state index in [1.807, 2.05) is 41.4 Å². The van der Waals surface area contributed by atoms with Gasteiger partial charge >= 0.3 is 5.97 Å². The molecule has 1 aromatic carbocycles. The topological polar surface area (TPSA) is 122 Å². The Morgan fingerprint density at radius 3 is 2.42 bits per heavy atom. The van der Waals surface area contributed by atoms with E-state index in [1.165, 1.54) is 12.0 Å². The van der Waals surface area contributed by atoms with Gasteiger partial charge in [0.1, 0.15) is 18.1 Å². The monoisotopic (exact) mass is 518 g/mol. The van der Waals surface area contributed by atoms with E-state index >= 15 is 0 Å². The number of benzene rings is 1. The number of ketones is 1. The van der Waals surface area contributed by atoms with Gasteiger partial charge < -0.3 is 19.7 Å². The van der Waals surface area contributed by atoms with Crippen molar-refractivity contribution in [2.75, 3.05) is 13.7 Å². The zero-order chi connectivity index (χ0) is 27.8. The highest BCUT2D eigenvalue weighted by Crippen LogP contribution is 2.40. The number of aromatic nitrogens is 3. The van der Waals surface area contributed by atoms with Crippen molar-refractivity contribution in [1.29, 1.82) is 0 Å². The lowest BCUT2D eigenvalue weighted by Gasteiger charge is -2.28. The smallest absolute Gasteiger partial charge is 0.354 e. The first-order chi connectivity index (χ1) is 18.0. The molecule has 38 heavy (non-hydrogen) atoms. The summed E-state index contributed by atoms with van der Waals surface area (Å²) in [6.07, 6.45) is 6.10. The molecule has 200 valence electrons. The molecule has 0 saturated carbocycles. The van der Waals surface area contributed by atoms with E-state index < -0.39 is 29.5 Å². The lowest BCUT2D eigenvalue weighted by atomic mass is 9.85. The van der Waals surface area contributed by atoms with Gasteiger partial charge in [0, 0.05) is 24.2 Å². The van der Waals surface area contributed by atoms with Gasteiger partial charge in [0.25, 0.3) is 5.91 Å². The number of methoxy groups -OCH3 is 1. The van der Waals surface area contributed by atoms with Crippen molar-refractivity contribution >= 4 is 23.4 Å². The molecule has 0 aliphatic carbocycles. The molecule has 2 aromatic heterocycles. The SMILES string of the molecule is COC(=O)c1[nH]c(C)c(/C([O-])=C2\C(=O)C(=O)N(CCC[n+]3cc[nH]c3)C2c2ccc(C(C)(C)C)cc2)c1C. The first-order valence-corrected chi connectivity index (χ1v) is 12.6. The number of aromatic amines is 2. The largest absolute Gasteiger partial charge is 0.872 e. The van der Waals surface area contributed by atoms with Crippen molar-refractivity contribution < 1.29 is 28.8 Å². The van der Waals surface area contributed by atoms with Crippen molar-refractivity contribution in [3.63, 3.8) is 0 Å². The maximum atomic E-state index is 14.0. The Hall–Kier alpha value is -4.14. The van der Waals surface area contributed by atoms with Gasteiger partial charge in [-0.15, -0.1) is 0 Å². The van der Waals surface area contributed by atoms with Crippen LogP contribution in [0.15, 0.2) is 48.6 Å². The van der Waals surface area contributed by atoms with E-state index in [-0.39, 0.29) is 22.2 Å². The summed E-state index contributed by atoms with van der Waals surface area (Å²) in [5.41, 5.74) is 2.78. The molecule has 3 aromatic rings. The van der Waals surface area contributed by atoms with Crippen LogP contribution in [0.2, 0.25) is 0 Å². The van der Waals surface area contributed by atoms with Gasteiger partial charge in [0.15, 0.2) is 0 Å². The van der Waals surface area contributed by atoms with Gasteiger partial charge in [-0.2, -0.15) is 0 Å². The molecule has 1 unspecified atom stereocenters. The molecule has 2 N–H and O–H groups in total. The van der Waals surface area contributed by atoms with E-state index in [4.69, 9.17) is 4.74 Å². The predicted octanol–water partition coefficient (Wildman–Crippen LogP) is 2.65. The van der Waals surface area contributed by atoms with Gasteiger partial charge in [-0.05, 0) is 41.5 Å². The number of imidazole rings is 1. The second-order valence-corrected chi connectivity index (χ2v) is 10.7. The molecule has 1 fully saturated rings. The molecular formula is C29H34N4O5. The number of ether oxygens (including phenoxy) is 1. The van der Waals surface area contributed by atoms with Gasteiger partial charge in [-0.1, -0.05) is 50.8 Å². The maximum Gasteiger partial charge on any atom is 0.354 e. The molecule has 1 aliphatic heterocycles. The fourth-order valence-corrected chi connectivity index (χ4v) is 5.03. The molecule has 0 radical (unpaired) electrons. The summed E-state index contributed by atoms with van der Waals surface area (Å²) in [7, 11) is 1.26. The molecule has 9 heteroatoms. The number of amides is 1. The van der Waals surface area contributed by atoms with E-state index in [0.717, 1.165) is 5.56 Å². The second-order valence-electron chi connectivity index (χ2n) is 10.7. The van der Waals surface area contributed by atoms with Crippen LogP contribution in [0.4, 0.5) is 0 Å². The number of aryl methyl sites for hydroxylation is 2. The van der Waals surface area contributed by atoms with Crippen molar-refractivity contribution in [2.45, 2.75) is 59.0 Å². The van der Waals surface area contributed by atoms with Crippen molar-refractivity contribution in [2.24, 2.45) is 0 Å². The summed E-state index contributed by atoms with van der Waals surface area (Å²) >= 11 is 0. The fourth-order valence-electron chi connectivity index (χ4n) is 5.03. The summed E-state index contributed by atoms with van der Waals surface area (Å²) in [4.78, 5) is 46.3. The van der Waals surface area contributed by atoms with E-state index in [9.17, 15) is 19.5 Å². The van der Waals surface area contributed by atoms with Crippen LogP contribution in [-0.4, -0.2) is 46.2 Å². The van der Waals surface area contributed by atoms with Crippen molar-refractivity contribution in [3.05, 3.63) is 82.2 Å². The minimum absolute atomic E-state index is 0.0840. The minimum atomic E-state index is -0.831. The Kier molecular flexibility index (Phi) is 7.31. The molecule has 3 heterocycles. The lowest BCUT2D eigenvalue weighted by Crippen LogP contribution is -2.36. The molecule has 1 aliphatic rings. The molecule has 9 nitrogen and oxygen atoms in total. The Morgan fingerprint density at radius 2 is 1.84 bits per heavy atom. The molecule has 0 bridgehead atoms. The minimum Gasteiger partial charge on any atom is -0.872 e. The number of carbonyl (C=O) groups is 3. The lowest BCUT2D eigenvalue weighted by molar-refractivity contribution is -0.695. The number of nitrogens with one attached hydrogen (secondary N) is 2. The van der Waals surface area contributed by atoms with E-state index in [1.54, 1.807) is 20.0 Å². The standard InChI is InChI=1S/C29H34N4O5/c1-17-21(18(2)31-23(17)28(37)38-6)25(34)22-24(19-8-10-20(11-9-19)29(3,4)5)33(27(36)26(22)35)14-7-13-32-15-12-30-16-32/h8-12,15-16,24H,7,13-14H2,1-6H3,(H2,31,34,35,37). The number of likely N-dealkylation sites (tertiary alicyclic amines) is 1. The highest BCUT2D eigenvalue weighted by Gasteiger charge is 2.44. The van der Waals surface area contributed by atoms with Crippen LogP contribution in [0.3, 0.4) is 0 Å². The third-order valence-corrected chi connectivity index (χ3v) is 7.09. The highest BCUT2D eigenvalue weighted by molar-refractivity contribution is 6.46. The number of hydrogen-bond acceptors (Lipinski definition) is 5. The fraction of sp³-hybridized carbons (Fsp3) is 0.379. The number of hydrogen-bond donors (Lipinski definition) is 2. The van der Waals surface area contributed by atoms with Crippen LogP contribution in [-0.2, 0) is 26.3 Å².